The second-order valence-corrected chi connectivity index (χ2v) is 6.61. The first kappa shape index (κ1) is 16.3. The minimum absolute atomic E-state index is 0.533. The molecule has 0 amide bonds. The van der Waals surface area contributed by atoms with Gasteiger partial charge in [0, 0.05) is 25.3 Å². The molecule has 1 saturated heterocycles. The fourth-order valence-electron chi connectivity index (χ4n) is 2.98. The van der Waals surface area contributed by atoms with Crippen LogP contribution in [0.3, 0.4) is 0 Å². The summed E-state index contributed by atoms with van der Waals surface area (Å²) < 4.78 is 0. The zero-order valence-corrected chi connectivity index (χ0v) is 14.2. The molecule has 3 heteroatoms. The van der Waals surface area contributed by atoms with Gasteiger partial charge in [-0.3, -0.25) is 0 Å². The number of nitrogens with one attached hydrogen (secondary N) is 1. The molecule has 0 atom stereocenters. The summed E-state index contributed by atoms with van der Waals surface area (Å²) in [7, 11) is 0. The monoisotopic (exact) mass is 289 g/mol. The lowest BCUT2D eigenvalue weighted by atomic mass is 9.78. The van der Waals surface area contributed by atoms with Crippen LogP contribution in [0.2, 0.25) is 0 Å². The van der Waals surface area contributed by atoms with Gasteiger partial charge in [-0.2, -0.15) is 0 Å². The van der Waals surface area contributed by atoms with E-state index in [0.717, 1.165) is 32.6 Å². The van der Waals surface area contributed by atoms with Gasteiger partial charge in [-0.25, -0.2) is 4.98 Å². The Labute approximate surface area is 130 Å². The molecule has 0 spiro atoms. The number of hydrogen-bond donors (Lipinski definition) is 1. The molecule has 3 nitrogen and oxygen atoms in total. The van der Waals surface area contributed by atoms with Crippen LogP contribution in [0.15, 0.2) is 12.1 Å². The van der Waals surface area contributed by atoms with Gasteiger partial charge < -0.3 is 10.2 Å². The first-order valence-electron chi connectivity index (χ1n) is 8.55. The number of anilines is 1. The van der Waals surface area contributed by atoms with E-state index < -0.39 is 0 Å². The van der Waals surface area contributed by atoms with Crippen molar-refractivity contribution in [3.8, 4) is 0 Å². The van der Waals surface area contributed by atoms with Gasteiger partial charge in [0.15, 0.2) is 0 Å². The topological polar surface area (TPSA) is 28.2 Å². The van der Waals surface area contributed by atoms with Crippen molar-refractivity contribution in [3.05, 3.63) is 23.4 Å². The van der Waals surface area contributed by atoms with E-state index in [4.69, 9.17) is 4.98 Å². The van der Waals surface area contributed by atoms with Gasteiger partial charge in [0.1, 0.15) is 5.82 Å². The molecular weight excluding hydrogens is 258 g/mol. The Morgan fingerprint density at radius 2 is 1.90 bits per heavy atom. The van der Waals surface area contributed by atoms with Gasteiger partial charge in [0.05, 0.1) is 0 Å². The van der Waals surface area contributed by atoms with Crippen LogP contribution >= 0.6 is 0 Å². The second kappa shape index (κ2) is 7.26. The van der Waals surface area contributed by atoms with Gasteiger partial charge in [-0.15, -0.1) is 0 Å². The summed E-state index contributed by atoms with van der Waals surface area (Å²) in [5.74, 6) is 1.18. The molecule has 0 aliphatic carbocycles. The number of rotatable bonds is 6. The highest BCUT2D eigenvalue weighted by atomic mass is 15.2. The number of aryl methyl sites for hydroxylation is 1. The number of nitrogens with zero attached hydrogens (tertiary/aromatic N) is 2. The lowest BCUT2D eigenvalue weighted by Crippen LogP contribution is -2.39. The highest BCUT2D eigenvalue weighted by molar-refractivity contribution is 5.43. The van der Waals surface area contributed by atoms with Crippen LogP contribution in [0.4, 0.5) is 5.82 Å². The van der Waals surface area contributed by atoms with Crippen molar-refractivity contribution in [2.75, 3.05) is 24.5 Å². The van der Waals surface area contributed by atoms with Crippen molar-refractivity contribution in [3.63, 3.8) is 0 Å². The number of piperidine rings is 1. The Morgan fingerprint density at radius 1 is 1.19 bits per heavy atom. The highest BCUT2D eigenvalue weighted by Gasteiger charge is 2.28. The molecule has 0 aromatic carbocycles. The summed E-state index contributed by atoms with van der Waals surface area (Å²) in [5.41, 5.74) is 3.11. The minimum Gasteiger partial charge on any atom is -0.357 e. The SMILES string of the molecule is CCNCc1cc(CC)nc(N2CCC(C)(CC)CC2)c1. The van der Waals surface area contributed by atoms with E-state index in [-0.39, 0.29) is 0 Å². The standard InChI is InChI=1S/C18H31N3/c1-5-16-12-15(14-19-7-3)13-17(20-16)21-10-8-18(4,6-2)9-11-21/h12-13,19H,5-11,14H2,1-4H3. The fourth-order valence-corrected chi connectivity index (χ4v) is 2.98. The average molecular weight is 289 g/mol. The molecular formula is C18H31N3. The Hall–Kier alpha value is -1.09. The van der Waals surface area contributed by atoms with Crippen LogP contribution in [0.5, 0.6) is 0 Å². The molecule has 0 radical (unpaired) electrons. The van der Waals surface area contributed by atoms with Crippen molar-refractivity contribution >= 4 is 5.82 Å². The predicted molar refractivity (Wildman–Crippen MR) is 90.8 cm³/mol. The predicted octanol–water partition coefficient (Wildman–Crippen LogP) is 3.77. The van der Waals surface area contributed by atoms with E-state index in [1.165, 1.54) is 36.3 Å². The third-order valence-electron chi connectivity index (χ3n) is 5.01. The first-order chi connectivity index (χ1) is 10.1. The summed E-state index contributed by atoms with van der Waals surface area (Å²) in [6.07, 6.45) is 4.86. The molecule has 1 aromatic rings. The van der Waals surface area contributed by atoms with Crippen LogP contribution < -0.4 is 10.2 Å². The van der Waals surface area contributed by atoms with Gasteiger partial charge >= 0.3 is 0 Å². The molecule has 1 aliphatic heterocycles. The van der Waals surface area contributed by atoms with Crippen LogP contribution in [-0.2, 0) is 13.0 Å². The van der Waals surface area contributed by atoms with E-state index in [1.54, 1.807) is 0 Å². The maximum atomic E-state index is 4.86. The lowest BCUT2D eigenvalue weighted by Gasteiger charge is -2.39. The second-order valence-electron chi connectivity index (χ2n) is 6.61. The maximum Gasteiger partial charge on any atom is 0.129 e. The minimum atomic E-state index is 0.533. The van der Waals surface area contributed by atoms with E-state index in [9.17, 15) is 0 Å². The zero-order chi connectivity index (χ0) is 15.3. The normalized spacial score (nSPS) is 18.0. The Morgan fingerprint density at radius 3 is 2.48 bits per heavy atom. The molecule has 0 bridgehead atoms. The van der Waals surface area contributed by atoms with E-state index in [2.05, 4.69) is 50.0 Å². The van der Waals surface area contributed by atoms with Crippen molar-refractivity contribution in [2.24, 2.45) is 5.41 Å². The zero-order valence-electron chi connectivity index (χ0n) is 14.2. The van der Waals surface area contributed by atoms with E-state index in [1.807, 2.05) is 0 Å². The summed E-state index contributed by atoms with van der Waals surface area (Å²) in [5, 5.41) is 3.42. The Bertz CT molecular complexity index is 448. The summed E-state index contributed by atoms with van der Waals surface area (Å²) in [4.78, 5) is 7.33. The van der Waals surface area contributed by atoms with Gasteiger partial charge in [0.25, 0.3) is 0 Å². The van der Waals surface area contributed by atoms with Crippen molar-refractivity contribution in [1.82, 2.24) is 10.3 Å². The first-order valence-corrected chi connectivity index (χ1v) is 8.55. The van der Waals surface area contributed by atoms with Crippen molar-refractivity contribution in [1.29, 1.82) is 0 Å². The maximum absolute atomic E-state index is 4.86. The molecule has 0 saturated carbocycles. The highest BCUT2D eigenvalue weighted by Crippen LogP contribution is 2.35. The third kappa shape index (κ3) is 4.19. The summed E-state index contributed by atoms with van der Waals surface area (Å²) >= 11 is 0. The smallest absolute Gasteiger partial charge is 0.129 e. The lowest BCUT2D eigenvalue weighted by molar-refractivity contribution is 0.237. The quantitative estimate of drug-likeness (QED) is 0.864. The fraction of sp³-hybridized carbons (Fsp3) is 0.722. The van der Waals surface area contributed by atoms with Gasteiger partial charge in [0.2, 0.25) is 0 Å². The molecule has 0 unspecified atom stereocenters. The van der Waals surface area contributed by atoms with E-state index >= 15 is 0 Å². The molecule has 1 fully saturated rings. The average Bonchev–Trinajstić information content (AvgIpc) is 2.53. The van der Waals surface area contributed by atoms with E-state index in [0.29, 0.717) is 5.41 Å². The van der Waals surface area contributed by atoms with Crippen molar-refractivity contribution in [2.45, 2.75) is 59.9 Å². The Balaban J connectivity index is 2.12. The molecule has 1 N–H and O–H groups in total. The largest absolute Gasteiger partial charge is 0.357 e. The molecule has 2 rings (SSSR count). The molecule has 118 valence electrons. The molecule has 1 aliphatic rings. The van der Waals surface area contributed by atoms with Crippen LogP contribution in [-0.4, -0.2) is 24.6 Å². The van der Waals surface area contributed by atoms with Crippen LogP contribution in [0, 0.1) is 5.41 Å². The molecule has 1 aromatic heterocycles. The molecule has 21 heavy (non-hydrogen) atoms. The number of aromatic nitrogens is 1. The number of hydrogen-bond acceptors (Lipinski definition) is 3. The Kier molecular flexibility index (Phi) is 5.63. The van der Waals surface area contributed by atoms with Gasteiger partial charge in [-0.05, 0) is 48.9 Å². The summed E-state index contributed by atoms with van der Waals surface area (Å²) in [6, 6.07) is 4.52. The van der Waals surface area contributed by atoms with Crippen molar-refractivity contribution < 1.29 is 0 Å². The number of pyridine rings is 1. The van der Waals surface area contributed by atoms with Crippen LogP contribution in [0.25, 0.3) is 0 Å². The van der Waals surface area contributed by atoms with Crippen LogP contribution in [0.1, 0.15) is 58.2 Å². The third-order valence-corrected chi connectivity index (χ3v) is 5.01. The van der Waals surface area contributed by atoms with Gasteiger partial charge in [-0.1, -0.05) is 34.1 Å². The molecule has 2 heterocycles. The summed E-state index contributed by atoms with van der Waals surface area (Å²) in [6.45, 7) is 13.3.